The van der Waals surface area contributed by atoms with Gasteiger partial charge in [0.15, 0.2) is 11.1 Å². The van der Waals surface area contributed by atoms with Crippen molar-refractivity contribution < 1.29 is 8.76 Å². The van der Waals surface area contributed by atoms with Crippen LogP contribution < -0.4 is 0 Å². The second-order valence-electron chi connectivity index (χ2n) is 3.24. The average molecular weight is 216 g/mol. The molecule has 1 heterocycles. The molecule has 1 rings (SSSR count). The van der Waals surface area contributed by atoms with Gasteiger partial charge < -0.3 is 9.12 Å². The van der Waals surface area contributed by atoms with Crippen molar-refractivity contribution in [1.29, 1.82) is 0 Å². The van der Waals surface area contributed by atoms with Crippen molar-refractivity contribution in [2.45, 2.75) is 38.0 Å². The van der Waals surface area contributed by atoms with Gasteiger partial charge in [-0.3, -0.25) is 0 Å². The minimum atomic E-state index is -1.81. The Labute approximate surface area is 86.6 Å². The molecule has 2 atom stereocenters. The number of aromatic nitrogens is 2. The van der Waals surface area contributed by atoms with E-state index in [1.165, 1.54) is 0 Å². The summed E-state index contributed by atoms with van der Waals surface area (Å²) in [4.78, 5) is 3.87. The van der Waals surface area contributed by atoms with Crippen LogP contribution in [0.5, 0.6) is 0 Å². The monoisotopic (exact) mass is 216 g/mol. The van der Waals surface area contributed by atoms with Crippen LogP contribution in [0.1, 0.15) is 38.0 Å². The highest BCUT2D eigenvalue weighted by Crippen LogP contribution is 2.18. The SMILES string of the molecule is CCCCCC(n1ccnc1)S(=O)O. The van der Waals surface area contributed by atoms with Gasteiger partial charge in [0.2, 0.25) is 0 Å². The molecule has 0 bridgehead atoms. The molecule has 14 heavy (non-hydrogen) atoms. The van der Waals surface area contributed by atoms with E-state index in [4.69, 9.17) is 4.55 Å². The number of rotatable bonds is 6. The molecule has 1 aromatic heterocycles. The second-order valence-corrected chi connectivity index (χ2v) is 4.33. The minimum absolute atomic E-state index is 0.343. The minimum Gasteiger partial charge on any atom is -0.320 e. The summed E-state index contributed by atoms with van der Waals surface area (Å²) >= 11 is -1.81. The summed E-state index contributed by atoms with van der Waals surface area (Å²) in [6, 6.07) is 0. The maximum atomic E-state index is 11.1. The molecule has 0 aliphatic rings. The molecule has 4 nitrogen and oxygen atoms in total. The zero-order chi connectivity index (χ0) is 10.4. The van der Waals surface area contributed by atoms with Crippen LogP contribution in [0.15, 0.2) is 18.7 Å². The van der Waals surface area contributed by atoms with Crippen molar-refractivity contribution >= 4 is 11.1 Å². The van der Waals surface area contributed by atoms with Gasteiger partial charge in [-0.15, -0.1) is 0 Å². The van der Waals surface area contributed by atoms with Crippen molar-refractivity contribution in [3.05, 3.63) is 18.7 Å². The fourth-order valence-corrected chi connectivity index (χ4v) is 2.06. The predicted molar refractivity (Wildman–Crippen MR) is 56.2 cm³/mol. The fraction of sp³-hybridized carbons (Fsp3) is 0.667. The molecule has 80 valence electrons. The molecule has 0 amide bonds. The van der Waals surface area contributed by atoms with Gasteiger partial charge in [0.25, 0.3) is 0 Å². The topological polar surface area (TPSA) is 55.1 Å². The highest BCUT2D eigenvalue weighted by Gasteiger charge is 2.15. The maximum absolute atomic E-state index is 11.1. The van der Waals surface area contributed by atoms with Gasteiger partial charge in [-0.1, -0.05) is 26.2 Å². The molecule has 5 heteroatoms. The van der Waals surface area contributed by atoms with E-state index in [2.05, 4.69) is 11.9 Å². The molecule has 0 aliphatic carbocycles. The van der Waals surface area contributed by atoms with Crippen LogP contribution in [0.2, 0.25) is 0 Å². The summed E-state index contributed by atoms with van der Waals surface area (Å²) in [7, 11) is 0. The lowest BCUT2D eigenvalue weighted by Gasteiger charge is -2.13. The van der Waals surface area contributed by atoms with Gasteiger partial charge in [0.05, 0.1) is 6.33 Å². The van der Waals surface area contributed by atoms with Gasteiger partial charge >= 0.3 is 0 Å². The standard InChI is InChI=1S/C9H16N2O2S/c1-2-3-4-5-9(14(12)13)11-7-6-10-8-11/h6-9H,2-5H2,1H3,(H,12,13). The lowest BCUT2D eigenvalue weighted by molar-refractivity contribution is 0.488. The number of unbranched alkanes of at least 4 members (excludes halogenated alkanes) is 2. The maximum Gasteiger partial charge on any atom is 0.176 e. The van der Waals surface area contributed by atoms with Crippen LogP contribution in [0.25, 0.3) is 0 Å². The van der Waals surface area contributed by atoms with Crippen molar-refractivity contribution in [1.82, 2.24) is 9.55 Å². The second kappa shape index (κ2) is 5.93. The Balaban J connectivity index is 2.52. The normalized spacial score (nSPS) is 15.3. The summed E-state index contributed by atoms with van der Waals surface area (Å²) in [5.74, 6) is 0. The third-order valence-electron chi connectivity index (χ3n) is 2.14. The van der Waals surface area contributed by atoms with Gasteiger partial charge in [0, 0.05) is 12.4 Å². The number of hydrogen-bond acceptors (Lipinski definition) is 2. The summed E-state index contributed by atoms with van der Waals surface area (Å²) < 4.78 is 21.9. The van der Waals surface area contributed by atoms with Crippen LogP contribution in [-0.2, 0) is 11.1 Å². The Morgan fingerprint density at radius 1 is 1.57 bits per heavy atom. The first-order valence-electron chi connectivity index (χ1n) is 4.82. The zero-order valence-corrected chi connectivity index (χ0v) is 9.11. The van der Waals surface area contributed by atoms with E-state index in [0.717, 1.165) is 25.7 Å². The summed E-state index contributed by atoms with van der Waals surface area (Å²) in [5, 5.41) is -0.343. The highest BCUT2D eigenvalue weighted by molar-refractivity contribution is 7.79. The largest absolute Gasteiger partial charge is 0.320 e. The molecule has 1 N–H and O–H groups in total. The molecule has 0 radical (unpaired) electrons. The van der Waals surface area contributed by atoms with Crippen LogP contribution >= 0.6 is 0 Å². The first-order chi connectivity index (χ1) is 6.75. The van der Waals surface area contributed by atoms with Crippen molar-refractivity contribution in [3.63, 3.8) is 0 Å². The van der Waals surface area contributed by atoms with Gasteiger partial charge in [-0.05, 0) is 6.42 Å². The Kier molecular flexibility index (Phi) is 4.82. The van der Waals surface area contributed by atoms with Gasteiger partial charge in [-0.2, -0.15) is 0 Å². The molecular formula is C9H16N2O2S. The molecule has 0 aliphatic heterocycles. The van der Waals surface area contributed by atoms with E-state index in [-0.39, 0.29) is 5.37 Å². The molecule has 1 aromatic rings. The molecule has 0 spiro atoms. The quantitative estimate of drug-likeness (QED) is 0.585. The van der Waals surface area contributed by atoms with Crippen LogP contribution in [-0.4, -0.2) is 18.3 Å². The summed E-state index contributed by atoms with van der Waals surface area (Å²) in [6.07, 6.45) is 8.87. The first kappa shape index (κ1) is 11.4. The Hall–Kier alpha value is -0.680. The average Bonchev–Trinajstić information content (AvgIpc) is 2.64. The number of nitrogens with zero attached hydrogens (tertiary/aromatic N) is 2. The Bertz CT molecular complexity index is 274. The van der Waals surface area contributed by atoms with Crippen LogP contribution in [0, 0.1) is 0 Å². The van der Waals surface area contributed by atoms with E-state index < -0.39 is 11.1 Å². The summed E-state index contributed by atoms with van der Waals surface area (Å²) in [5.41, 5.74) is 0. The van der Waals surface area contributed by atoms with Crippen molar-refractivity contribution in [2.75, 3.05) is 0 Å². The Morgan fingerprint density at radius 2 is 2.36 bits per heavy atom. The number of imidazole rings is 1. The molecular weight excluding hydrogens is 200 g/mol. The third kappa shape index (κ3) is 3.23. The van der Waals surface area contributed by atoms with E-state index in [9.17, 15) is 4.21 Å². The van der Waals surface area contributed by atoms with Crippen molar-refractivity contribution in [3.8, 4) is 0 Å². The summed E-state index contributed by atoms with van der Waals surface area (Å²) in [6.45, 7) is 2.11. The zero-order valence-electron chi connectivity index (χ0n) is 8.30. The molecule has 0 aromatic carbocycles. The lowest BCUT2D eigenvalue weighted by Crippen LogP contribution is -2.12. The van der Waals surface area contributed by atoms with E-state index in [1.807, 2.05) is 0 Å². The van der Waals surface area contributed by atoms with Crippen LogP contribution in [0.4, 0.5) is 0 Å². The number of hydrogen-bond donors (Lipinski definition) is 1. The molecule has 2 unspecified atom stereocenters. The smallest absolute Gasteiger partial charge is 0.176 e. The third-order valence-corrected chi connectivity index (χ3v) is 3.09. The Morgan fingerprint density at radius 3 is 2.86 bits per heavy atom. The molecule has 0 saturated carbocycles. The van der Waals surface area contributed by atoms with E-state index in [1.54, 1.807) is 23.3 Å². The lowest BCUT2D eigenvalue weighted by atomic mass is 10.2. The van der Waals surface area contributed by atoms with Crippen LogP contribution in [0.3, 0.4) is 0 Å². The van der Waals surface area contributed by atoms with Gasteiger partial charge in [0.1, 0.15) is 5.37 Å². The molecule has 0 saturated heterocycles. The molecule has 0 fully saturated rings. The van der Waals surface area contributed by atoms with E-state index >= 15 is 0 Å². The van der Waals surface area contributed by atoms with Crippen molar-refractivity contribution in [2.24, 2.45) is 0 Å². The fourth-order valence-electron chi connectivity index (χ4n) is 1.36. The predicted octanol–water partition coefficient (Wildman–Crippen LogP) is 2.18. The van der Waals surface area contributed by atoms with Gasteiger partial charge in [-0.25, -0.2) is 9.19 Å². The highest BCUT2D eigenvalue weighted by atomic mass is 32.2. The van der Waals surface area contributed by atoms with E-state index in [0.29, 0.717) is 0 Å². The first-order valence-corrected chi connectivity index (χ1v) is 5.99.